The van der Waals surface area contributed by atoms with E-state index in [0.717, 1.165) is 17.4 Å². The van der Waals surface area contributed by atoms with E-state index in [1.807, 2.05) is 0 Å². The molecule has 0 spiro atoms. The van der Waals surface area contributed by atoms with Gasteiger partial charge in [0.1, 0.15) is 11.9 Å². The third-order valence-electron chi connectivity index (χ3n) is 2.90. The number of carbonyl (C=O) groups is 1. The highest BCUT2D eigenvalue weighted by atomic mass is 32.1. The Morgan fingerprint density at radius 3 is 3.16 bits per heavy atom. The number of nitrogens with zero attached hydrogens (tertiary/aromatic N) is 2. The number of nitrogens with one attached hydrogen (secondary N) is 1. The van der Waals surface area contributed by atoms with Crippen LogP contribution in [0.25, 0.3) is 0 Å². The van der Waals surface area contributed by atoms with Gasteiger partial charge < -0.3 is 20.5 Å². The van der Waals surface area contributed by atoms with E-state index in [2.05, 4.69) is 14.7 Å². The summed E-state index contributed by atoms with van der Waals surface area (Å²) in [4.78, 5) is 15.3. The maximum absolute atomic E-state index is 11.0. The number of ether oxygens (including phenoxy) is 2. The quantitative estimate of drug-likeness (QED) is 0.741. The van der Waals surface area contributed by atoms with Crippen molar-refractivity contribution in [2.75, 3.05) is 25.6 Å². The summed E-state index contributed by atoms with van der Waals surface area (Å²) in [6.07, 6.45) is 1.79. The van der Waals surface area contributed by atoms with E-state index in [1.165, 1.54) is 11.5 Å². The minimum absolute atomic E-state index is 0.00354. The van der Waals surface area contributed by atoms with Gasteiger partial charge in [-0.05, 0) is 12.8 Å². The Kier molecular flexibility index (Phi) is 5.06. The van der Waals surface area contributed by atoms with E-state index in [1.54, 1.807) is 7.11 Å². The number of carbonyl (C=O) groups excluding carboxylic acids is 1. The molecule has 8 heteroatoms. The molecule has 2 heterocycles. The van der Waals surface area contributed by atoms with Crippen LogP contribution in [-0.2, 0) is 20.7 Å². The zero-order valence-corrected chi connectivity index (χ0v) is 11.6. The van der Waals surface area contributed by atoms with Gasteiger partial charge in [0, 0.05) is 31.6 Å². The average molecular weight is 286 g/mol. The molecule has 0 aliphatic carbocycles. The predicted octanol–water partition coefficient (Wildman–Crippen LogP) is 0.172. The van der Waals surface area contributed by atoms with Crippen LogP contribution in [0.1, 0.15) is 18.7 Å². The number of nitrogens with two attached hydrogens (primary N) is 1. The van der Waals surface area contributed by atoms with Gasteiger partial charge in [0.15, 0.2) is 0 Å². The molecule has 1 saturated heterocycles. The monoisotopic (exact) mass is 286 g/mol. The van der Waals surface area contributed by atoms with Crippen molar-refractivity contribution >= 4 is 22.6 Å². The molecule has 2 unspecified atom stereocenters. The summed E-state index contributed by atoms with van der Waals surface area (Å²) in [6.45, 7) is 1.23. The lowest BCUT2D eigenvalue weighted by Crippen LogP contribution is -2.30. The highest BCUT2D eigenvalue weighted by molar-refractivity contribution is 7.09. The summed E-state index contributed by atoms with van der Waals surface area (Å²) in [5.74, 6) is 0.386. The molecule has 3 N–H and O–H groups in total. The molecule has 0 bridgehead atoms. The van der Waals surface area contributed by atoms with Gasteiger partial charge in [-0.25, -0.2) is 4.98 Å². The molecular weight excluding hydrogens is 268 g/mol. The number of amides is 1. The number of rotatable bonds is 7. The van der Waals surface area contributed by atoms with Crippen molar-refractivity contribution in [2.45, 2.75) is 31.5 Å². The number of anilines is 1. The Bertz CT molecular complexity index is 426. The zero-order valence-electron chi connectivity index (χ0n) is 10.8. The van der Waals surface area contributed by atoms with E-state index < -0.39 is 6.10 Å². The molecule has 1 aliphatic heterocycles. The van der Waals surface area contributed by atoms with Gasteiger partial charge in [-0.15, -0.1) is 0 Å². The first kappa shape index (κ1) is 14.2. The molecule has 0 saturated carbocycles. The van der Waals surface area contributed by atoms with E-state index >= 15 is 0 Å². The number of hydrogen-bond acceptors (Lipinski definition) is 7. The van der Waals surface area contributed by atoms with Crippen LogP contribution in [0.15, 0.2) is 0 Å². The maximum atomic E-state index is 11.0. The molecule has 1 fully saturated rings. The number of primary amides is 1. The van der Waals surface area contributed by atoms with Gasteiger partial charge >= 0.3 is 0 Å². The molecule has 1 aliphatic rings. The van der Waals surface area contributed by atoms with Crippen LogP contribution < -0.4 is 11.1 Å². The summed E-state index contributed by atoms with van der Waals surface area (Å²) in [5.41, 5.74) is 5.20. The van der Waals surface area contributed by atoms with Crippen molar-refractivity contribution in [1.29, 1.82) is 0 Å². The van der Waals surface area contributed by atoms with Crippen molar-refractivity contribution in [2.24, 2.45) is 5.73 Å². The van der Waals surface area contributed by atoms with Crippen molar-refractivity contribution in [3.8, 4) is 0 Å². The van der Waals surface area contributed by atoms with Gasteiger partial charge in [0.2, 0.25) is 11.0 Å². The SMILES string of the molecule is COCCc1nsc(NCC2CCC(C(N)=O)O2)n1. The molecule has 2 atom stereocenters. The summed E-state index contributed by atoms with van der Waals surface area (Å²) >= 11 is 1.32. The highest BCUT2D eigenvalue weighted by Gasteiger charge is 2.28. The molecule has 1 aromatic heterocycles. The first-order valence-corrected chi connectivity index (χ1v) is 6.96. The Morgan fingerprint density at radius 1 is 1.63 bits per heavy atom. The fraction of sp³-hybridized carbons (Fsp3) is 0.727. The van der Waals surface area contributed by atoms with E-state index in [9.17, 15) is 4.79 Å². The molecule has 0 aromatic carbocycles. The highest BCUT2D eigenvalue weighted by Crippen LogP contribution is 2.20. The van der Waals surface area contributed by atoms with E-state index in [-0.39, 0.29) is 12.0 Å². The minimum Gasteiger partial charge on any atom is -0.384 e. The third-order valence-corrected chi connectivity index (χ3v) is 3.61. The fourth-order valence-electron chi connectivity index (χ4n) is 1.89. The van der Waals surface area contributed by atoms with Crippen LogP contribution >= 0.6 is 11.5 Å². The molecule has 7 nitrogen and oxygen atoms in total. The number of aromatic nitrogens is 2. The summed E-state index contributed by atoms with van der Waals surface area (Å²) in [6, 6.07) is 0. The van der Waals surface area contributed by atoms with Gasteiger partial charge in [0.25, 0.3) is 0 Å². The molecule has 106 valence electrons. The molecule has 0 radical (unpaired) electrons. The second kappa shape index (κ2) is 6.78. The van der Waals surface area contributed by atoms with Crippen LogP contribution in [0.4, 0.5) is 5.13 Å². The topological polar surface area (TPSA) is 99.4 Å². The van der Waals surface area contributed by atoms with Crippen molar-refractivity contribution in [3.05, 3.63) is 5.82 Å². The summed E-state index contributed by atoms with van der Waals surface area (Å²) < 4.78 is 14.7. The average Bonchev–Trinajstić information content (AvgIpc) is 3.03. The lowest BCUT2D eigenvalue weighted by Gasteiger charge is -2.11. The Balaban J connectivity index is 1.73. The fourth-order valence-corrected chi connectivity index (χ4v) is 2.50. The normalized spacial score (nSPS) is 22.6. The van der Waals surface area contributed by atoms with E-state index in [0.29, 0.717) is 26.0 Å². The Labute approximate surface area is 115 Å². The van der Waals surface area contributed by atoms with Gasteiger partial charge in [-0.1, -0.05) is 0 Å². The number of hydrogen-bond donors (Lipinski definition) is 2. The predicted molar refractivity (Wildman–Crippen MR) is 71.1 cm³/mol. The summed E-state index contributed by atoms with van der Waals surface area (Å²) in [7, 11) is 1.65. The second-order valence-electron chi connectivity index (χ2n) is 4.37. The lowest BCUT2D eigenvalue weighted by atomic mass is 10.2. The Hall–Kier alpha value is -1.25. The maximum Gasteiger partial charge on any atom is 0.246 e. The standard InChI is InChI=1S/C11H18N4O3S/c1-17-5-4-9-14-11(19-15-9)13-6-7-2-3-8(18-7)10(12)16/h7-8H,2-6H2,1H3,(H2,12,16)(H,13,14,15). The first-order valence-electron chi connectivity index (χ1n) is 6.19. The molecule has 1 amide bonds. The van der Waals surface area contributed by atoms with Gasteiger partial charge in [0.05, 0.1) is 12.7 Å². The number of methoxy groups -OCH3 is 1. The molecule has 1 aromatic rings. The van der Waals surface area contributed by atoms with Crippen molar-refractivity contribution in [3.63, 3.8) is 0 Å². The minimum atomic E-state index is -0.446. The smallest absolute Gasteiger partial charge is 0.246 e. The van der Waals surface area contributed by atoms with Gasteiger partial charge in [-0.3, -0.25) is 4.79 Å². The lowest BCUT2D eigenvalue weighted by molar-refractivity contribution is -0.128. The summed E-state index contributed by atoms with van der Waals surface area (Å²) in [5, 5.41) is 3.93. The van der Waals surface area contributed by atoms with Crippen molar-refractivity contribution < 1.29 is 14.3 Å². The van der Waals surface area contributed by atoms with Crippen LogP contribution in [-0.4, -0.2) is 47.7 Å². The Morgan fingerprint density at radius 2 is 2.47 bits per heavy atom. The van der Waals surface area contributed by atoms with E-state index in [4.69, 9.17) is 15.2 Å². The van der Waals surface area contributed by atoms with Crippen LogP contribution in [0.2, 0.25) is 0 Å². The van der Waals surface area contributed by atoms with Crippen LogP contribution in [0.5, 0.6) is 0 Å². The third kappa shape index (κ3) is 4.12. The first-order chi connectivity index (χ1) is 9.19. The van der Waals surface area contributed by atoms with Crippen molar-refractivity contribution in [1.82, 2.24) is 9.36 Å². The molecule has 2 rings (SSSR count). The zero-order chi connectivity index (χ0) is 13.7. The molecule has 19 heavy (non-hydrogen) atoms. The molecular formula is C11H18N4O3S. The van der Waals surface area contributed by atoms with Gasteiger partial charge in [-0.2, -0.15) is 4.37 Å². The van der Waals surface area contributed by atoms with Crippen LogP contribution in [0, 0.1) is 0 Å². The second-order valence-corrected chi connectivity index (χ2v) is 5.12. The van der Waals surface area contributed by atoms with Crippen LogP contribution in [0.3, 0.4) is 0 Å². The largest absolute Gasteiger partial charge is 0.384 e.